The van der Waals surface area contributed by atoms with Crippen molar-refractivity contribution in [2.24, 2.45) is 17.6 Å². The minimum absolute atomic E-state index is 0.110. The van der Waals surface area contributed by atoms with E-state index >= 15 is 0 Å². The van der Waals surface area contributed by atoms with Gasteiger partial charge in [-0.05, 0) is 61.4 Å². The Balaban J connectivity index is 0.000000260. The average molecular weight is 541 g/mol. The van der Waals surface area contributed by atoms with Crippen LogP contribution in [0.25, 0.3) is 0 Å². The molecule has 1 saturated heterocycles. The molecule has 0 spiro atoms. The third kappa shape index (κ3) is 8.88. The SMILES string of the molecule is CC.CNCC(=O)NC(C(=O)N1CCC2CCCC21)C(C)C.NC(=O)C(c1ccccc1)c1ccc(F)cc1. The number of halogens is 1. The molecule has 2 fully saturated rings. The Labute approximate surface area is 232 Å². The van der Waals surface area contributed by atoms with Crippen LogP contribution >= 0.6 is 0 Å². The second-order valence-electron chi connectivity index (χ2n) is 10.2. The molecule has 2 aromatic carbocycles. The van der Waals surface area contributed by atoms with E-state index in [-0.39, 0.29) is 30.1 Å². The number of primary amides is 1. The number of hydrogen-bond donors (Lipinski definition) is 3. The fraction of sp³-hybridized carbons (Fsp3) is 0.516. The molecular weight excluding hydrogens is 495 g/mol. The standard InChI is InChI=1S/C15H27N3O2.C14H12FNO.C2H6/c1-10(2)14(17-13(19)9-16-3)15(20)18-8-7-11-5-4-6-12(11)18;15-12-8-6-11(7-9-12)13(14(16)17)10-4-2-1-3-5-10;1-2/h10-12,14,16H,4-9H2,1-3H3,(H,17,19);1-9,13H,(H2,16,17);1-2H3. The molecule has 214 valence electrons. The monoisotopic (exact) mass is 540 g/mol. The lowest BCUT2D eigenvalue weighted by Gasteiger charge is -2.30. The second kappa shape index (κ2) is 16.0. The van der Waals surface area contributed by atoms with Crippen molar-refractivity contribution < 1.29 is 18.8 Å². The van der Waals surface area contributed by atoms with Gasteiger partial charge in [0.1, 0.15) is 11.9 Å². The fourth-order valence-electron chi connectivity index (χ4n) is 5.41. The minimum Gasteiger partial charge on any atom is -0.369 e. The zero-order valence-electron chi connectivity index (χ0n) is 24.0. The summed E-state index contributed by atoms with van der Waals surface area (Å²) >= 11 is 0. The fourth-order valence-corrected chi connectivity index (χ4v) is 5.41. The number of rotatable bonds is 8. The molecule has 1 aliphatic carbocycles. The van der Waals surface area contributed by atoms with Crippen molar-refractivity contribution >= 4 is 17.7 Å². The summed E-state index contributed by atoms with van der Waals surface area (Å²) in [7, 11) is 1.73. The van der Waals surface area contributed by atoms with E-state index in [1.165, 1.54) is 25.0 Å². The van der Waals surface area contributed by atoms with Crippen molar-refractivity contribution in [3.63, 3.8) is 0 Å². The third-order valence-corrected chi connectivity index (χ3v) is 7.25. The Hall–Kier alpha value is -3.26. The summed E-state index contributed by atoms with van der Waals surface area (Å²) in [6.07, 6.45) is 4.75. The number of fused-ring (bicyclic) bond motifs is 1. The average Bonchev–Trinajstić information content (AvgIpc) is 3.55. The number of nitrogens with two attached hydrogens (primary N) is 1. The normalized spacial score (nSPS) is 19.1. The van der Waals surface area contributed by atoms with E-state index in [2.05, 4.69) is 10.6 Å². The number of carbonyl (C=O) groups is 3. The third-order valence-electron chi connectivity index (χ3n) is 7.25. The molecule has 2 aromatic rings. The molecule has 4 atom stereocenters. The van der Waals surface area contributed by atoms with E-state index < -0.39 is 17.9 Å². The highest BCUT2D eigenvalue weighted by Crippen LogP contribution is 2.38. The van der Waals surface area contributed by atoms with Crippen LogP contribution in [0.2, 0.25) is 0 Å². The number of nitrogens with zero attached hydrogens (tertiary/aromatic N) is 1. The molecule has 7 nitrogen and oxygen atoms in total. The molecule has 4 N–H and O–H groups in total. The minimum atomic E-state index is -0.531. The maximum absolute atomic E-state index is 12.8. The molecule has 39 heavy (non-hydrogen) atoms. The van der Waals surface area contributed by atoms with Crippen molar-refractivity contribution in [3.05, 3.63) is 71.5 Å². The van der Waals surface area contributed by atoms with Gasteiger partial charge in [0.25, 0.3) is 0 Å². The molecule has 0 bridgehead atoms. The molecule has 4 unspecified atom stereocenters. The second-order valence-corrected chi connectivity index (χ2v) is 10.2. The Morgan fingerprint density at radius 1 is 0.974 bits per heavy atom. The van der Waals surface area contributed by atoms with Crippen LogP contribution in [0.15, 0.2) is 54.6 Å². The van der Waals surface area contributed by atoms with Gasteiger partial charge < -0.3 is 21.3 Å². The van der Waals surface area contributed by atoms with Gasteiger partial charge in [0.05, 0.1) is 12.5 Å². The van der Waals surface area contributed by atoms with Crippen LogP contribution in [0.1, 0.15) is 70.4 Å². The first-order chi connectivity index (χ1) is 18.7. The zero-order chi connectivity index (χ0) is 28.9. The number of amides is 3. The first-order valence-corrected chi connectivity index (χ1v) is 14.1. The van der Waals surface area contributed by atoms with E-state index in [1.807, 2.05) is 62.9 Å². The molecule has 8 heteroatoms. The van der Waals surface area contributed by atoms with Crippen LogP contribution in [0, 0.1) is 17.7 Å². The van der Waals surface area contributed by atoms with Gasteiger partial charge in [-0.2, -0.15) is 0 Å². The van der Waals surface area contributed by atoms with Gasteiger partial charge in [0.15, 0.2) is 0 Å². The molecule has 0 aromatic heterocycles. The lowest BCUT2D eigenvalue weighted by molar-refractivity contribution is -0.138. The quantitative estimate of drug-likeness (QED) is 0.466. The molecular formula is C31H45FN4O3. The Kier molecular flexibility index (Phi) is 13.1. The van der Waals surface area contributed by atoms with E-state index in [1.54, 1.807) is 19.2 Å². The molecule has 2 aliphatic rings. The Morgan fingerprint density at radius 2 is 1.59 bits per heavy atom. The molecule has 1 aliphatic heterocycles. The first kappa shape index (κ1) is 32.0. The zero-order valence-corrected chi connectivity index (χ0v) is 24.0. The number of nitrogens with one attached hydrogen (secondary N) is 2. The summed E-state index contributed by atoms with van der Waals surface area (Å²) in [5.74, 6) is -0.492. The smallest absolute Gasteiger partial charge is 0.245 e. The molecule has 0 radical (unpaired) electrons. The summed E-state index contributed by atoms with van der Waals surface area (Å²) < 4.78 is 12.8. The van der Waals surface area contributed by atoms with Crippen molar-refractivity contribution in [3.8, 4) is 0 Å². The van der Waals surface area contributed by atoms with Crippen LogP contribution in [-0.4, -0.2) is 54.8 Å². The van der Waals surface area contributed by atoms with E-state index in [9.17, 15) is 18.8 Å². The lowest BCUT2D eigenvalue weighted by Crippen LogP contribution is -2.53. The predicted molar refractivity (Wildman–Crippen MR) is 153 cm³/mol. The van der Waals surface area contributed by atoms with Gasteiger partial charge in [-0.1, -0.05) is 76.6 Å². The van der Waals surface area contributed by atoms with Crippen molar-refractivity contribution in [1.29, 1.82) is 0 Å². The van der Waals surface area contributed by atoms with Gasteiger partial charge in [-0.25, -0.2) is 4.39 Å². The first-order valence-electron chi connectivity index (χ1n) is 14.1. The number of likely N-dealkylation sites (tertiary alicyclic amines) is 1. The summed E-state index contributed by atoms with van der Waals surface area (Å²) in [5, 5.41) is 5.70. The van der Waals surface area contributed by atoms with Crippen molar-refractivity contribution in [2.45, 2.75) is 71.4 Å². The number of likely N-dealkylation sites (N-methyl/N-ethyl adjacent to an activating group) is 1. The highest BCUT2D eigenvalue weighted by atomic mass is 19.1. The maximum atomic E-state index is 12.8. The van der Waals surface area contributed by atoms with Gasteiger partial charge in [0.2, 0.25) is 17.7 Å². The Morgan fingerprint density at radius 3 is 2.15 bits per heavy atom. The van der Waals surface area contributed by atoms with E-state index in [0.717, 1.165) is 24.9 Å². The highest BCUT2D eigenvalue weighted by molar-refractivity contribution is 5.89. The van der Waals surface area contributed by atoms with Gasteiger partial charge in [-0.15, -0.1) is 0 Å². The number of hydrogen-bond acceptors (Lipinski definition) is 4. The number of carbonyl (C=O) groups excluding carboxylic acids is 3. The van der Waals surface area contributed by atoms with Crippen molar-refractivity contribution in [2.75, 3.05) is 20.1 Å². The molecule has 4 rings (SSSR count). The van der Waals surface area contributed by atoms with Crippen LogP contribution in [0.3, 0.4) is 0 Å². The van der Waals surface area contributed by atoms with Crippen LogP contribution in [0.5, 0.6) is 0 Å². The number of benzene rings is 2. The maximum Gasteiger partial charge on any atom is 0.245 e. The summed E-state index contributed by atoms with van der Waals surface area (Å²) in [5.41, 5.74) is 6.92. The Bertz CT molecular complexity index is 1050. The van der Waals surface area contributed by atoms with E-state index in [0.29, 0.717) is 17.5 Å². The van der Waals surface area contributed by atoms with E-state index in [4.69, 9.17) is 5.73 Å². The lowest BCUT2D eigenvalue weighted by atomic mass is 9.91. The molecule has 3 amide bonds. The molecule has 1 saturated carbocycles. The highest BCUT2D eigenvalue weighted by Gasteiger charge is 2.42. The van der Waals surface area contributed by atoms with Gasteiger partial charge in [-0.3, -0.25) is 14.4 Å². The van der Waals surface area contributed by atoms with Crippen LogP contribution < -0.4 is 16.4 Å². The van der Waals surface area contributed by atoms with Crippen LogP contribution in [-0.2, 0) is 14.4 Å². The van der Waals surface area contributed by atoms with Crippen LogP contribution in [0.4, 0.5) is 4.39 Å². The topological polar surface area (TPSA) is 105 Å². The summed E-state index contributed by atoms with van der Waals surface area (Å²) in [6, 6.07) is 15.1. The molecule has 1 heterocycles. The van der Waals surface area contributed by atoms with Crippen molar-refractivity contribution in [1.82, 2.24) is 15.5 Å². The summed E-state index contributed by atoms with van der Waals surface area (Å²) in [4.78, 5) is 38.1. The largest absolute Gasteiger partial charge is 0.369 e. The van der Waals surface area contributed by atoms with Gasteiger partial charge in [0, 0.05) is 12.6 Å². The van der Waals surface area contributed by atoms with Gasteiger partial charge >= 0.3 is 0 Å². The predicted octanol–water partition coefficient (Wildman–Crippen LogP) is 4.22. The summed E-state index contributed by atoms with van der Waals surface area (Å²) in [6.45, 7) is 9.09.